The molecule has 3 aromatic rings. The number of esters is 1. The molecule has 0 aliphatic heterocycles. The average Bonchev–Trinajstić information content (AvgIpc) is 3.17. The lowest BCUT2D eigenvalue weighted by molar-refractivity contribution is -0.00408. The van der Waals surface area contributed by atoms with Crippen molar-refractivity contribution in [3.05, 3.63) is 71.3 Å². The highest BCUT2D eigenvalue weighted by atomic mass is 16.6. The summed E-state index contributed by atoms with van der Waals surface area (Å²) >= 11 is 0. The van der Waals surface area contributed by atoms with E-state index in [1.165, 1.54) is 25.3 Å². The second-order valence-electron chi connectivity index (χ2n) is 11.5. The molecule has 3 N–H and O–H groups in total. The Morgan fingerprint density at radius 3 is 1.55 bits per heavy atom. The van der Waals surface area contributed by atoms with Crippen molar-refractivity contribution in [2.24, 2.45) is 0 Å². The van der Waals surface area contributed by atoms with E-state index in [4.69, 9.17) is 48.4 Å². The maximum absolute atomic E-state index is 14.0. The number of fused-ring (bicyclic) bond motifs is 1. The van der Waals surface area contributed by atoms with Gasteiger partial charge in [0.15, 0.2) is 0 Å². The SMILES string of the molecule is COCCOCCOCCOCCN(CCOCCOCCOCCOC)C(=O)c1cc(C(=O)Nc2ccc3ccc(N)cc3c2)cc(C(=O)OC)c1. The van der Waals surface area contributed by atoms with E-state index in [9.17, 15) is 14.4 Å². The molecule has 0 unspecified atom stereocenters. The van der Waals surface area contributed by atoms with Crippen molar-refractivity contribution in [3.63, 3.8) is 0 Å². The maximum Gasteiger partial charge on any atom is 0.337 e. The number of nitrogens with one attached hydrogen (secondary N) is 1. The van der Waals surface area contributed by atoms with Crippen LogP contribution in [0.3, 0.4) is 0 Å². The molecule has 2 amide bonds. The summed E-state index contributed by atoms with van der Waals surface area (Å²) in [5, 5.41) is 4.66. The summed E-state index contributed by atoms with van der Waals surface area (Å²) in [6, 6.07) is 15.2. The second kappa shape index (κ2) is 25.7. The van der Waals surface area contributed by atoms with Crippen molar-refractivity contribution >= 4 is 39.9 Å². The summed E-state index contributed by atoms with van der Waals surface area (Å²) < 4.78 is 48.1. The second-order valence-corrected chi connectivity index (χ2v) is 11.5. The first-order valence-electron chi connectivity index (χ1n) is 17.4. The predicted molar refractivity (Wildman–Crippen MR) is 199 cm³/mol. The Bertz CT molecular complexity index is 1510. The molecule has 15 nitrogen and oxygen atoms in total. The van der Waals surface area contributed by atoms with Gasteiger partial charge in [-0.3, -0.25) is 9.59 Å². The van der Waals surface area contributed by atoms with Gasteiger partial charge in [-0.2, -0.15) is 0 Å². The molecule has 0 radical (unpaired) electrons. The van der Waals surface area contributed by atoms with E-state index in [1.807, 2.05) is 18.2 Å². The normalized spacial score (nSPS) is 11.2. The number of hydrogen-bond acceptors (Lipinski definition) is 13. The fourth-order valence-electron chi connectivity index (χ4n) is 4.88. The van der Waals surface area contributed by atoms with Crippen LogP contribution in [0.2, 0.25) is 0 Å². The van der Waals surface area contributed by atoms with E-state index in [-0.39, 0.29) is 43.0 Å². The monoisotopic (exact) mass is 743 g/mol. The van der Waals surface area contributed by atoms with Crippen LogP contribution in [-0.2, 0) is 42.6 Å². The number of methoxy groups -OCH3 is 3. The Morgan fingerprint density at radius 1 is 0.547 bits per heavy atom. The Hall–Kier alpha value is -4.19. The molecule has 0 atom stereocenters. The predicted octanol–water partition coefficient (Wildman–Crippen LogP) is 3.30. The topological polar surface area (TPSA) is 176 Å². The highest BCUT2D eigenvalue weighted by molar-refractivity contribution is 6.09. The van der Waals surface area contributed by atoms with Crippen LogP contribution in [0.4, 0.5) is 11.4 Å². The van der Waals surface area contributed by atoms with Gasteiger partial charge in [-0.05, 0) is 53.2 Å². The van der Waals surface area contributed by atoms with E-state index in [2.05, 4.69) is 5.32 Å². The standard InChI is InChI=1S/C38H53N3O12/c1-45-12-14-50-20-22-52-18-16-48-10-8-41(9-11-49-17-19-53-23-21-51-15-13-46-2)37(43)32-24-31(25-33(26-32)38(44)47-3)36(42)40-35-7-5-29-4-6-34(39)27-30(29)28-35/h4-7,24-28H,8-23,39H2,1-3H3,(H,40,42). The molecule has 3 aromatic carbocycles. The Labute approximate surface area is 310 Å². The van der Waals surface area contributed by atoms with Crippen LogP contribution >= 0.6 is 0 Å². The van der Waals surface area contributed by atoms with Gasteiger partial charge in [-0.1, -0.05) is 12.1 Å². The van der Waals surface area contributed by atoms with Gasteiger partial charge < -0.3 is 58.6 Å². The first-order chi connectivity index (χ1) is 25.9. The molecular weight excluding hydrogens is 690 g/mol. The number of ether oxygens (including phenoxy) is 9. The third kappa shape index (κ3) is 16.6. The van der Waals surface area contributed by atoms with E-state index in [0.29, 0.717) is 90.7 Å². The number of anilines is 2. The van der Waals surface area contributed by atoms with Crippen LogP contribution in [0.5, 0.6) is 0 Å². The van der Waals surface area contributed by atoms with Gasteiger partial charge in [0.1, 0.15) is 0 Å². The number of nitrogens with zero attached hydrogens (tertiary/aromatic N) is 1. The van der Waals surface area contributed by atoms with E-state index in [0.717, 1.165) is 10.8 Å². The van der Waals surface area contributed by atoms with Crippen molar-refractivity contribution in [1.29, 1.82) is 0 Å². The smallest absolute Gasteiger partial charge is 0.337 e. The molecule has 0 saturated heterocycles. The van der Waals surface area contributed by atoms with E-state index < -0.39 is 17.8 Å². The molecule has 0 aliphatic carbocycles. The van der Waals surface area contributed by atoms with Crippen LogP contribution in [-0.4, -0.2) is 150 Å². The van der Waals surface area contributed by atoms with E-state index >= 15 is 0 Å². The molecule has 0 fully saturated rings. The summed E-state index contributed by atoms with van der Waals surface area (Å²) in [5.41, 5.74) is 7.33. The first kappa shape index (κ1) is 43.2. The van der Waals surface area contributed by atoms with Crippen LogP contribution < -0.4 is 11.1 Å². The maximum atomic E-state index is 14.0. The van der Waals surface area contributed by atoms with Gasteiger partial charge >= 0.3 is 5.97 Å². The number of nitrogens with two attached hydrogens (primary N) is 1. The zero-order valence-corrected chi connectivity index (χ0v) is 30.9. The minimum absolute atomic E-state index is 0.0499. The third-order valence-electron chi connectivity index (χ3n) is 7.64. The largest absolute Gasteiger partial charge is 0.465 e. The van der Waals surface area contributed by atoms with Gasteiger partial charge in [0, 0.05) is 49.8 Å². The Balaban J connectivity index is 1.64. The molecule has 0 saturated carbocycles. The van der Waals surface area contributed by atoms with Crippen molar-refractivity contribution in [2.75, 3.05) is 138 Å². The number of amides is 2. The summed E-state index contributed by atoms with van der Waals surface area (Å²) in [6.07, 6.45) is 0. The van der Waals surface area contributed by atoms with Crippen LogP contribution in [0.15, 0.2) is 54.6 Å². The zero-order valence-electron chi connectivity index (χ0n) is 30.9. The molecule has 0 bridgehead atoms. The molecule has 292 valence electrons. The number of carbonyl (C=O) groups excluding carboxylic acids is 3. The Kier molecular flexibility index (Phi) is 21.0. The minimum atomic E-state index is -0.693. The number of carbonyl (C=O) groups is 3. The number of nitrogen functional groups attached to an aromatic ring is 1. The van der Waals surface area contributed by atoms with Gasteiger partial charge in [0.05, 0.1) is 105 Å². The summed E-state index contributed by atoms with van der Waals surface area (Å²) in [6.45, 7) is 5.93. The van der Waals surface area contributed by atoms with Gasteiger partial charge in [0.2, 0.25) is 0 Å². The molecular formula is C38H53N3O12. The lowest BCUT2D eigenvalue weighted by Gasteiger charge is -2.23. The lowest BCUT2D eigenvalue weighted by Crippen LogP contribution is -2.37. The fraction of sp³-hybridized carbons (Fsp3) is 0.500. The number of benzene rings is 3. The summed E-state index contributed by atoms with van der Waals surface area (Å²) in [5.74, 6) is -1.63. The van der Waals surface area contributed by atoms with Gasteiger partial charge in [-0.15, -0.1) is 0 Å². The molecule has 53 heavy (non-hydrogen) atoms. The highest BCUT2D eigenvalue weighted by Gasteiger charge is 2.21. The molecule has 15 heteroatoms. The highest BCUT2D eigenvalue weighted by Crippen LogP contribution is 2.23. The van der Waals surface area contributed by atoms with Crippen molar-refractivity contribution in [3.8, 4) is 0 Å². The molecule has 0 aliphatic rings. The third-order valence-corrected chi connectivity index (χ3v) is 7.64. The van der Waals surface area contributed by atoms with E-state index in [1.54, 1.807) is 37.3 Å². The quantitative estimate of drug-likeness (QED) is 0.0631. The molecule has 3 rings (SSSR count). The van der Waals surface area contributed by atoms with Crippen molar-refractivity contribution in [2.45, 2.75) is 0 Å². The lowest BCUT2D eigenvalue weighted by atomic mass is 10.0. The summed E-state index contributed by atoms with van der Waals surface area (Å²) in [4.78, 5) is 41.7. The van der Waals surface area contributed by atoms with Crippen LogP contribution in [0.1, 0.15) is 31.1 Å². The first-order valence-corrected chi connectivity index (χ1v) is 17.4. The molecule has 0 heterocycles. The fourth-order valence-corrected chi connectivity index (χ4v) is 4.88. The Morgan fingerprint density at radius 2 is 1.02 bits per heavy atom. The van der Waals surface area contributed by atoms with Crippen molar-refractivity contribution < 1.29 is 57.0 Å². The van der Waals surface area contributed by atoms with Crippen molar-refractivity contribution in [1.82, 2.24) is 4.90 Å². The van der Waals surface area contributed by atoms with Crippen LogP contribution in [0, 0.1) is 0 Å². The molecule has 0 spiro atoms. The molecule has 0 aromatic heterocycles. The number of hydrogen-bond donors (Lipinski definition) is 2. The average molecular weight is 744 g/mol. The van der Waals surface area contributed by atoms with Gasteiger partial charge in [-0.25, -0.2) is 4.79 Å². The number of rotatable bonds is 28. The van der Waals surface area contributed by atoms with Gasteiger partial charge in [0.25, 0.3) is 11.8 Å². The van der Waals surface area contributed by atoms with Crippen LogP contribution in [0.25, 0.3) is 10.8 Å². The minimum Gasteiger partial charge on any atom is -0.465 e. The summed E-state index contributed by atoms with van der Waals surface area (Å²) in [7, 11) is 4.45. The zero-order chi connectivity index (χ0) is 38.1.